The Balaban J connectivity index is 1.17. The number of fused-ring (bicyclic) bond motifs is 11. The molecule has 5 aromatic rings. The molecule has 0 saturated heterocycles. The molecular weight excluding hydrogens is 861 g/mol. The first-order chi connectivity index (χ1) is 33.1. The van der Waals surface area contributed by atoms with Crippen molar-refractivity contribution in [1.29, 1.82) is 0 Å². The van der Waals surface area contributed by atoms with Gasteiger partial charge in [-0.1, -0.05) is 110 Å². The molecule has 4 aromatic carbocycles. The van der Waals surface area contributed by atoms with E-state index in [9.17, 15) is 24.9 Å². The third-order valence-electron chi connectivity index (χ3n) is 15.1. The lowest BCUT2D eigenvalue weighted by Gasteiger charge is -2.50. The summed E-state index contributed by atoms with van der Waals surface area (Å²) in [5, 5.41) is 30.9. The van der Waals surface area contributed by atoms with E-state index in [1.54, 1.807) is 19.1 Å². The summed E-state index contributed by atoms with van der Waals surface area (Å²) in [5.74, 6) is -1.21. The van der Waals surface area contributed by atoms with Crippen molar-refractivity contribution in [2.45, 2.75) is 121 Å². The quantitative estimate of drug-likeness (QED) is 0.0306. The molecule has 4 heterocycles. The predicted octanol–water partition coefficient (Wildman–Crippen LogP) is 9.40. The van der Waals surface area contributed by atoms with Gasteiger partial charge in [0.15, 0.2) is 12.2 Å². The highest BCUT2D eigenvalue weighted by atomic mass is 16.6. The van der Waals surface area contributed by atoms with Crippen molar-refractivity contribution in [3.05, 3.63) is 169 Å². The van der Waals surface area contributed by atoms with Gasteiger partial charge in [-0.05, 0) is 109 Å². The first-order valence-electron chi connectivity index (χ1n) is 24.3. The fourth-order valence-electron chi connectivity index (χ4n) is 11.4. The minimum absolute atomic E-state index is 0.0102. The average molecular weight is 923 g/mol. The van der Waals surface area contributed by atoms with Crippen LogP contribution in [0.5, 0.6) is 5.75 Å². The van der Waals surface area contributed by atoms with Crippen molar-refractivity contribution in [1.82, 2.24) is 0 Å². The molecule has 10 rings (SSSR count). The summed E-state index contributed by atoms with van der Waals surface area (Å²) >= 11 is 0. The largest absolute Gasteiger partial charge is 0.483 e. The number of aliphatic hydroxyl groups excluding tert-OH is 3. The number of benzene rings is 4. The fraction of sp³-hybridized carbons (Fsp3) is 0.421. The summed E-state index contributed by atoms with van der Waals surface area (Å²) in [6.07, 6.45) is 8.88. The second-order valence-electron chi connectivity index (χ2n) is 19.3. The molecule has 0 radical (unpaired) electrons. The Bertz CT molecular complexity index is 2730. The Hall–Kier alpha value is -5.85. The van der Waals surface area contributed by atoms with Crippen molar-refractivity contribution in [3.8, 4) is 5.75 Å². The number of allylic oxidation sites excluding steroid dienone is 2. The van der Waals surface area contributed by atoms with Gasteiger partial charge in [0.2, 0.25) is 0 Å². The number of aliphatic hydroxyl groups is 3. The highest BCUT2D eigenvalue weighted by Crippen LogP contribution is 2.52. The van der Waals surface area contributed by atoms with Crippen molar-refractivity contribution in [3.63, 3.8) is 0 Å². The molecular formula is C57H62O11. The van der Waals surface area contributed by atoms with Crippen molar-refractivity contribution >= 4 is 22.9 Å². The molecule has 2 bridgehead atoms. The first kappa shape index (κ1) is 47.2. The Morgan fingerprint density at radius 2 is 1.59 bits per heavy atom. The second-order valence-corrected chi connectivity index (χ2v) is 19.3. The van der Waals surface area contributed by atoms with E-state index < -0.39 is 48.8 Å². The number of hydrogen-bond acceptors (Lipinski definition) is 11. The van der Waals surface area contributed by atoms with Crippen LogP contribution >= 0.6 is 0 Å². The number of esters is 2. The van der Waals surface area contributed by atoms with Gasteiger partial charge in [0, 0.05) is 47.1 Å². The van der Waals surface area contributed by atoms with Gasteiger partial charge < -0.3 is 38.7 Å². The molecule has 1 aromatic heterocycles. The maximum Gasteiger partial charge on any atom is 0.339 e. The van der Waals surface area contributed by atoms with Crippen LogP contribution in [-0.4, -0.2) is 59.0 Å². The van der Waals surface area contributed by atoms with E-state index in [-0.39, 0.29) is 72.9 Å². The molecule has 1 saturated carbocycles. The predicted molar refractivity (Wildman–Crippen MR) is 257 cm³/mol. The van der Waals surface area contributed by atoms with Gasteiger partial charge in [0.05, 0.1) is 25.4 Å². The molecule has 11 nitrogen and oxygen atoms in total. The third-order valence-corrected chi connectivity index (χ3v) is 15.1. The summed E-state index contributed by atoms with van der Waals surface area (Å²) < 4.78 is 31.9. The van der Waals surface area contributed by atoms with Crippen LogP contribution in [0.2, 0.25) is 0 Å². The average Bonchev–Trinajstić information content (AvgIpc) is 3.35. The monoisotopic (exact) mass is 922 g/mol. The zero-order valence-electron chi connectivity index (χ0n) is 39.0. The third kappa shape index (κ3) is 9.72. The lowest BCUT2D eigenvalue weighted by Crippen LogP contribution is -2.58. The molecule has 11 heteroatoms. The van der Waals surface area contributed by atoms with Crippen LogP contribution in [0.15, 0.2) is 124 Å². The van der Waals surface area contributed by atoms with Gasteiger partial charge >= 0.3 is 17.6 Å². The minimum atomic E-state index is -1.30. The van der Waals surface area contributed by atoms with Crippen molar-refractivity contribution < 1.29 is 48.3 Å². The highest BCUT2D eigenvalue weighted by Gasteiger charge is 2.56. The summed E-state index contributed by atoms with van der Waals surface area (Å²) in [6.45, 7) is 2.25. The van der Waals surface area contributed by atoms with E-state index in [1.807, 2.05) is 13.0 Å². The Labute approximate surface area is 397 Å². The maximum atomic E-state index is 15.1. The molecule has 2 aliphatic carbocycles. The number of ether oxygens (including phenoxy) is 4. The molecule has 68 heavy (non-hydrogen) atoms. The van der Waals surface area contributed by atoms with Crippen LogP contribution in [0.4, 0.5) is 0 Å². The highest BCUT2D eigenvalue weighted by molar-refractivity contribution is 5.90. The van der Waals surface area contributed by atoms with Crippen LogP contribution in [0.3, 0.4) is 0 Å². The topological polar surface area (TPSA) is 162 Å². The van der Waals surface area contributed by atoms with Crippen molar-refractivity contribution in [2.24, 2.45) is 11.8 Å². The zero-order valence-corrected chi connectivity index (χ0v) is 39.0. The van der Waals surface area contributed by atoms with E-state index in [2.05, 4.69) is 84.9 Å². The second kappa shape index (κ2) is 20.8. The normalized spacial score (nSPS) is 25.2. The molecule has 3 N–H and O–H groups in total. The van der Waals surface area contributed by atoms with Crippen LogP contribution in [0, 0.1) is 11.8 Å². The van der Waals surface area contributed by atoms with E-state index >= 15 is 4.79 Å². The van der Waals surface area contributed by atoms with Gasteiger partial charge in [-0.25, -0.2) is 9.59 Å². The van der Waals surface area contributed by atoms with Crippen LogP contribution in [0.25, 0.3) is 11.0 Å². The van der Waals surface area contributed by atoms with Crippen LogP contribution in [0.1, 0.15) is 128 Å². The van der Waals surface area contributed by atoms with Gasteiger partial charge in [0.1, 0.15) is 23.7 Å². The number of carbonyl (C=O) groups excluding carboxylic acids is 2. The van der Waals surface area contributed by atoms with E-state index in [1.165, 1.54) is 16.7 Å². The number of hydrogen-bond donors (Lipinski definition) is 3. The molecule has 0 unspecified atom stereocenters. The number of carbonyl (C=O) groups is 2. The maximum absolute atomic E-state index is 15.1. The number of rotatable bonds is 10. The fourth-order valence-corrected chi connectivity index (χ4v) is 11.4. The summed E-state index contributed by atoms with van der Waals surface area (Å²) in [5.41, 5.74) is 5.34. The summed E-state index contributed by atoms with van der Waals surface area (Å²) in [6, 6.07) is 30.9. The van der Waals surface area contributed by atoms with Crippen LogP contribution < -0.4 is 10.4 Å². The minimum Gasteiger partial charge on any atom is -0.483 e. The zero-order chi connectivity index (χ0) is 47.4. The molecule has 1 fully saturated rings. The smallest absolute Gasteiger partial charge is 0.339 e. The Morgan fingerprint density at radius 3 is 2.34 bits per heavy atom. The summed E-state index contributed by atoms with van der Waals surface area (Å²) in [4.78, 5) is 43.9. The van der Waals surface area contributed by atoms with Gasteiger partial charge in [-0.3, -0.25) is 4.79 Å². The number of aryl methyl sites for hydroxylation is 1. The lowest BCUT2D eigenvalue weighted by atomic mass is 9.71. The molecule has 6 atom stereocenters. The molecule has 5 aliphatic rings. The molecule has 0 spiro atoms. The standard InChI is InChI=1S/C57H62O11/c1-35(32-58)44-22-18-36-16-19-39(20-17-36)45-23-21-41(40-13-9-12-38(29-40)28-37-10-5-3-6-11-37)30-42(45)31-50(61)65-53-51-49(68-57(2,54(53)67-55(44)62)43-14-7-4-8-15-43)25-24-46-48(33-59)47(26-27-64-34-60)56(63)66-52(46)51/h3,5-6,9-13,16-17,19-21,23-25,29,41-43,45,53-54,58-60H,4,7-8,14-15,18,22,26-28,30-34H2,1-2H3/b44-35-/t41-,42-,45-,53+,54-,57-/m0/s1. The van der Waals surface area contributed by atoms with Crippen molar-refractivity contribution in [2.75, 3.05) is 20.0 Å². The Kier molecular flexibility index (Phi) is 14.4. The molecule has 0 amide bonds. The van der Waals surface area contributed by atoms with Crippen LogP contribution in [-0.2, 0) is 49.7 Å². The molecule has 356 valence electrons. The van der Waals surface area contributed by atoms with E-state index in [0.29, 0.717) is 40.7 Å². The van der Waals surface area contributed by atoms with E-state index in [0.717, 1.165) is 49.7 Å². The van der Waals surface area contributed by atoms with Gasteiger partial charge in [-0.15, -0.1) is 0 Å². The molecule has 3 aliphatic heterocycles. The first-order valence-corrected chi connectivity index (χ1v) is 24.3. The van der Waals surface area contributed by atoms with E-state index in [4.69, 9.17) is 23.4 Å². The van der Waals surface area contributed by atoms with Gasteiger partial charge in [-0.2, -0.15) is 0 Å². The Morgan fingerprint density at radius 1 is 0.809 bits per heavy atom. The SMILES string of the molecule is C/C(CO)=C1\CCc2ccc(cc2)[C@@H]2C=C[C@H](c3cccc(Cc4ccccc4)c3)C[C@H]2CC(=O)O[C@@H]2c3c(ccc4c(CO)c(CCOCO)c(=O)oc34)O[C@@](C)(C3CCCCC3)[C@H]2OC1=O. The summed E-state index contributed by atoms with van der Waals surface area (Å²) in [7, 11) is 0. The lowest BCUT2D eigenvalue weighted by molar-refractivity contribution is -0.201. The van der Waals surface area contributed by atoms with Gasteiger partial charge in [0.25, 0.3) is 0 Å².